The predicted octanol–water partition coefficient (Wildman–Crippen LogP) is 5.42. The van der Waals surface area contributed by atoms with Crippen LogP contribution in [-0.4, -0.2) is 71.4 Å². The Hall–Kier alpha value is -2.78. The van der Waals surface area contributed by atoms with E-state index in [2.05, 4.69) is 16.8 Å². The number of carbonyl (C=O) groups is 1. The maximum atomic E-state index is 13.0. The highest BCUT2D eigenvalue weighted by molar-refractivity contribution is 7.90. The molecule has 222 valence electrons. The summed E-state index contributed by atoms with van der Waals surface area (Å²) in [5, 5.41) is 0.963. The Balaban J connectivity index is 1.15. The van der Waals surface area contributed by atoms with E-state index in [-0.39, 0.29) is 11.7 Å². The molecule has 1 aliphatic carbocycles. The highest BCUT2D eigenvalue weighted by Gasteiger charge is 2.29. The number of likely N-dealkylation sites (tertiary alicyclic amines) is 1. The Morgan fingerprint density at radius 2 is 1.93 bits per heavy atom. The van der Waals surface area contributed by atoms with Crippen molar-refractivity contribution in [1.29, 1.82) is 0 Å². The van der Waals surface area contributed by atoms with E-state index in [1.165, 1.54) is 25.6 Å². The number of ketones is 1. The Morgan fingerprint density at radius 3 is 2.71 bits per heavy atom. The van der Waals surface area contributed by atoms with Gasteiger partial charge in [-0.1, -0.05) is 13.0 Å². The summed E-state index contributed by atoms with van der Waals surface area (Å²) >= 11 is 0. The van der Waals surface area contributed by atoms with Gasteiger partial charge >= 0.3 is 0 Å². The van der Waals surface area contributed by atoms with Gasteiger partial charge in [0.15, 0.2) is 0 Å². The number of sulfone groups is 1. The Kier molecular flexibility index (Phi) is 9.75. The summed E-state index contributed by atoms with van der Waals surface area (Å²) in [6.07, 6.45) is 14.7. The zero-order chi connectivity index (χ0) is 28.8. The highest BCUT2D eigenvalue weighted by Crippen LogP contribution is 2.33. The molecule has 3 aromatic rings. The number of benzene rings is 1. The molecule has 2 fully saturated rings. The molecule has 41 heavy (non-hydrogen) atoms. The standard InChI is InChI=1S/C32H44N4O4S/c1-3-35-19-5-7-26(35)14-15-29(37)25-12-10-24(11-13-25)23-31-33-18-16-32(34-31)36-20-17-27-28(36)8-4-9-30(27)40-21-6-22-41(2,38)39/h4,8-9,16-18,20,24-26H,3,5-7,10-15,19,21-23H2,1-2H3/t24?,25?,26-/m0/s1. The van der Waals surface area contributed by atoms with Gasteiger partial charge in [-0.25, -0.2) is 18.4 Å². The molecule has 2 aliphatic rings. The maximum absolute atomic E-state index is 13.0. The molecule has 0 bridgehead atoms. The first kappa shape index (κ1) is 29.7. The van der Waals surface area contributed by atoms with E-state index in [0.717, 1.165) is 79.8 Å². The quantitative estimate of drug-likeness (QED) is 0.249. The van der Waals surface area contributed by atoms with Crippen molar-refractivity contribution in [1.82, 2.24) is 19.4 Å². The first-order valence-corrected chi connectivity index (χ1v) is 17.4. The van der Waals surface area contributed by atoms with E-state index in [9.17, 15) is 13.2 Å². The van der Waals surface area contributed by atoms with Gasteiger partial charge in [0, 0.05) is 48.8 Å². The molecule has 9 heteroatoms. The van der Waals surface area contributed by atoms with E-state index < -0.39 is 9.84 Å². The van der Waals surface area contributed by atoms with Crippen molar-refractivity contribution < 1.29 is 17.9 Å². The molecule has 0 unspecified atom stereocenters. The van der Waals surface area contributed by atoms with Crippen LogP contribution >= 0.6 is 0 Å². The summed E-state index contributed by atoms with van der Waals surface area (Å²) in [5.74, 6) is 3.72. The van der Waals surface area contributed by atoms with Crippen molar-refractivity contribution in [3.63, 3.8) is 0 Å². The van der Waals surface area contributed by atoms with Crippen LogP contribution in [0.2, 0.25) is 0 Å². The molecule has 0 spiro atoms. The van der Waals surface area contributed by atoms with Crippen LogP contribution in [0.3, 0.4) is 0 Å². The topological polar surface area (TPSA) is 94.4 Å². The Morgan fingerprint density at radius 1 is 1.10 bits per heavy atom. The zero-order valence-corrected chi connectivity index (χ0v) is 25.3. The van der Waals surface area contributed by atoms with Crippen LogP contribution in [0.15, 0.2) is 42.7 Å². The number of hydrogen-bond donors (Lipinski definition) is 0. The molecular formula is C32H44N4O4S. The lowest BCUT2D eigenvalue weighted by atomic mass is 9.77. The summed E-state index contributed by atoms with van der Waals surface area (Å²) in [5.41, 5.74) is 0.981. The number of fused-ring (bicyclic) bond motifs is 1. The number of Topliss-reactive ketones (excluding diaryl/α,β-unsaturated/α-hetero) is 1. The molecule has 1 saturated carbocycles. The number of ether oxygens (including phenoxy) is 1. The largest absolute Gasteiger partial charge is 0.493 e. The monoisotopic (exact) mass is 580 g/mol. The second-order valence-electron chi connectivity index (χ2n) is 11.9. The first-order valence-electron chi connectivity index (χ1n) is 15.3. The van der Waals surface area contributed by atoms with Crippen LogP contribution in [-0.2, 0) is 21.1 Å². The molecule has 3 heterocycles. The number of nitrogens with zero attached hydrogens (tertiary/aromatic N) is 4. The fourth-order valence-electron chi connectivity index (χ4n) is 6.69. The normalized spacial score (nSPS) is 21.9. The van der Waals surface area contributed by atoms with Gasteiger partial charge in [-0.05, 0) is 94.6 Å². The minimum Gasteiger partial charge on any atom is -0.493 e. The summed E-state index contributed by atoms with van der Waals surface area (Å²) in [6.45, 7) is 4.86. The summed E-state index contributed by atoms with van der Waals surface area (Å²) < 4.78 is 30.8. The second kappa shape index (κ2) is 13.5. The van der Waals surface area contributed by atoms with E-state index in [4.69, 9.17) is 9.72 Å². The van der Waals surface area contributed by atoms with Crippen LogP contribution in [0.5, 0.6) is 5.75 Å². The Labute approximate surface area is 244 Å². The number of rotatable bonds is 13. The smallest absolute Gasteiger partial charge is 0.147 e. The lowest BCUT2D eigenvalue weighted by molar-refractivity contribution is -0.124. The van der Waals surface area contributed by atoms with Gasteiger partial charge in [0.05, 0.1) is 17.9 Å². The highest BCUT2D eigenvalue weighted by atomic mass is 32.2. The summed E-state index contributed by atoms with van der Waals surface area (Å²) in [4.78, 5) is 25.0. The van der Waals surface area contributed by atoms with Crippen molar-refractivity contribution in [2.45, 2.75) is 77.2 Å². The molecule has 1 aromatic carbocycles. The van der Waals surface area contributed by atoms with E-state index in [1.54, 1.807) is 0 Å². The molecule has 5 rings (SSSR count). The third kappa shape index (κ3) is 7.74. The molecule has 0 amide bonds. The third-order valence-corrected chi connectivity index (χ3v) is 9.98. The maximum Gasteiger partial charge on any atom is 0.147 e. The zero-order valence-electron chi connectivity index (χ0n) is 24.5. The van der Waals surface area contributed by atoms with Gasteiger partial charge in [0.25, 0.3) is 0 Å². The number of aromatic nitrogens is 3. The predicted molar refractivity (Wildman–Crippen MR) is 162 cm³/mol. The third-order valence-electron chi connectivity index (χ3n) is 8.95. The van der Waals surface area contributed by atoms with Crippen LogP contribution < -0.4 is 4.74 Å². The average Bonchev–Trinajstić information content (AvgIpc) is 3.61. The molecule has 1 saturated heterocycles. The lowest BCUT2D eigenvalue weighted by Gasteiger charge is -2.28. The molecule has 8 nitrogen and oxygen atoms in total. The molecule has 0 N–H and O–H groups in total. The fraction of sp³-hybridized carbons (Fsp3) is 0.594. The van der Waals surface area contributed by atoms with Crippen molar-refractivity contribution in [2.24, 2.45) is 11.8 Å². The van der Waals surface area contributed by atoms with Crippen molar-refractivity contribution in [3.05, 3.63) is 48.5 Å². The minimum absolute atomic E-state index is 0.115. The molecule has 0 radical (unpaired) electrons. The number of carbonyl (C=O) groups excluding carboxylic acids is 1. The van der Waals surface area contributed by atoms with Crippen molar-refractivity contribution in [3.8, 4) is 11.6 Å². The molecule has 1 atom stereocenters. The van der Waals surface area contributed by atoms with Crippen molar-refractivity contribution in [2.75, 3.05) is 31.7 Å². The van der Waals surface area contributed by atoms with Gasteiger partial charge in [-0.3, -0.25) is 4.79 Å². The van der Waals surface area contributed by atoms with Gasteiger partial charge in [-0.15, -0.1) is 0 Å². The molecule has 1 aliphatic heterocycles. The average molecular weight is 581 g/mol. The van der Waals surface area contributed by atoms with Crippen molar-refractivity contribution >= 4 is 26.5 Å². The van der Waals surface area contributed by atoms with E-state index in [0.29, 0.717) is 30.8 Å². The SMILES string of the molecule is CCN1CCC[C@H]1CCC(=O)C1CCC(Cc2nccc(-n3ccc4c(OCCCS(C)(=O)=O)cccc43)n2)CC1. The van der Waals surface area contributed by atoms with E-state index >= 15 is 0 Å². The van der Waals surface area contributed by atoms with Gasteiger partial charge in [0.1, 0.15) is 33.0 Å². The fourth-order valence-corrected chi connectivity index (χ4v) is 7.33. The number of hydrogen-bond acceptors (Lipinski definition) is 7. The van der Waals surface area contributed by atoms with Crippen LogP contribution in [0.1, 0.15) is 70.5 Å². The summed E-state index contributed by atoms with van der Waals surface area (Å²) in [6, 6.07) is 10.4. The lowest BCUT2D eigenvalue weighted by Crippen LogP contribution is -2.30. The molecular weight excluding hydrogens is 536 g/mol. The Bertz CT molecular complexity index is 1430. The first-order chi connectivity index (χ1) is 19.8. The molecule has 2 aromatic heterocycles. The van der Waals surface area contributed by atoms with E-state index in [1.807, 2.05) is 47.3 Å². The second-order valence-corrected chi connectivity index (χ2v) is 14.1. The van der Waals surface area contributed by atoms with Crippen LogP contribution in [0, 0.1) is 11.8 Å². The minimum atomic E-state index is -3.00. The van der Waals surface area contributed by atoms with Gasteiger partial charge in [-0.2, -0.15) is 0 Å². The van der Waals surface area contributed by atoms with Crippen LogP contribution in [0.25, 0.3) is 16.7 Å². The van der Waals surface area contributed by atoms with Gasteiger partial charge < -0.3 is 14.2 Å². The van der Waals surface area contributed by atoms with Crippen LogP contribution in [0.4, 0.5) is 0 Å². The summed E-state index contributed by atoms with van der Waals surface area (Å²) in [7, 11) is -3.00. The van der Waals surface area contributed by atoms with Gasteiger partial charge in [0.2, 0.25) is 0 Å².